The highest BCUT2D eigenvalue weighted by molar-refractivity contribution is 5.91. The number of methoxy groups -OCH3 is 1. The number of nitro groups is 1. The van der Waals surface area contributed by atoms with Gasteiger partial charge in [0.2, 0.25) is 5.91 Å². The van der Waals surface area contributed by atoms with Gasteiger partial charge < -0.3 is 14.5 Å². The lowest BCUT2D eigenvalue weighted by Crippen LogP contribution is -2.37. The predicted molar refractivity (Wildman–Crippen MR) is 89.1 cm³/mol. The van der Waals surface area contributed by atoms with Crippen molar-refractivity contribution in [2.75, 3.05) is 47.4 Å². The van der Waals surface area contributed by atoms with Gasteiger partial charge in [0.05, 0.1) is 11.5 Å². The van der Waals surface area contributed by atoms with Crippen molar-refractivity contribution in [1.82, 2.24) is 9.80 Å². The van der Waals surface area contributed by atoms with Gasteiger partial charge in [-0.25, -0.2) is 0 Å². The molecule has 7 nitrogen and oxygen atoms in total. The number of benzene rings is 1. The van der Waals surface area contributed by atoms with Crippen molar-refractivity contribution in [3.8, 4) is 0 Å². The van der Waals surface area contributed by atoms with Crippen LogP contribution in [-0.4, -0.2) is 68.1 Å². The molecule has 1 aromatic rings. The second kappa shape index (κ2) is 9.70. The first-order chi connectivity index (χ1) is 10.9. The SMILES string of the molecule is COCCN(CCN(C)C)C(=O)/C=C/c1ccc([N+](=O)[O-])cc1. The van der Waals surface area contributed by atoms with Crippen LogP contribution in [0.1, 0.15) is 5.56 Å². The topological polar surface area (TPSA) is 75.9 Å². The zero-order valence-electron chi connectivity index (χ0n) is 13.8. The van der Waals surface area contributed by atoms with Crippen molar-refractivity contribution >= 4 is 17.7 Å². The number of likely N-dealkylation sites (N-methyl/N-ethyl adjacent to an activating group) is 1. The van der Waals surface area contributed by atoms with Crippen LogP contribution in [0.25, 0.3) is 6.08 Å². The number of non-ortho nitro benzene ring substituents is 1. The smallest absolute Gasteiger partial charge is 0.269 e. The Kier molecular flexibility index (Phi) is 7.93. The van der Waals surface area contributed by atoms with E-state index in [0.717, 1.165) is 12.1 Å². The number of nitrogens with zero attached hydrogens (tertiary/aromatic N) is 3. The average Bonchev–Trinajstić information content (AvgIpc) is 2.52. The summed E-state index contributed by atoms with van der Waals surface area (Å²) < 4.78 is 5.03. The maximum Gasteiger partial charge on any atom is 0.269 e. The van der Waals surface area contributed by atoms with Gasteiger partial charge in [0.1, 0.15) is 0 Å². The number of ether oxygens (including phenoxy) is 1. The number of carbonyl (C=O) groups excluding carboxylic acids is 1. The van der Waals surface area contributed by atoms with Crippen LogP contribution in [0.2, 0.25) is 0 Å². The molecule has 1 rings (SSSR count). The fourth-order valence-corrected chi connectivity index (χ4v) is 1.83. The van der Waals surface area contributed by atoms with E-state index >= 15 is 0 Å². The molecule has 0 N–H and O–H groups in total. The van der Waals surface area contributed by atoms with Crippen molar-refractivity contribution in [3.63, 3.8) is 0 Å². The predicted octanol–water partition coefficient (Wildman–Crippen LogP) is 1.64. The van der Waals surface area contributed by atoms with E-state index in [4.69, 9.17) is 4.74 Å². The lowest BCUT2D eigenvalue weighted by atomic mass is 10.2. The molecule has 0 aliphatic carbocycles. The minimum atomic E-state index is -0.452. The Morgan fingerprint density at radius 2 is 1.87 bits per heavy atom. The maximum atomic E-state index is 12.3. The van der Waals surface area contributed by atoms with E-state index in [2.05, 4.69) is 0 Å². The van der Waals surface area contributed by atoms with Gasteiger partial charge in [-0.1, -0.05) is 0 Å². The lowest BCUT2D eigenvalue weighted by molar-refractivity contribution is -0.384. The third-order valence-corrected chi connectivity index (χ3v) is 3.22. The number of amides is 1. The molecule has 1 aromatic carbocycles. The summed E-state index contributed by atoms with van der Waals surface area (Å²) in [5.41, 5.74) is 0.768. The largest absolute Gasteiger partial charge is 0.383 e. The third-order valence-electron chi connectivity index (χ3n) is 3.22. The van der Waals surface area contributed by atoms with Gasteiger partial charge in [-0.05, 0) is 37.9 Å². The first kappa shape index (κ1) is 18.8. The summed E-state index contributed by atoms with van der Waals surface area (Å²) in [6.07, 6.45) is 3.13. The van der Waals surface area contributed by atoms with Crippen molar-refractivity contribution in [2.45, 2.75) is 0 Å². The summed E-state index contributed by atoms with van der Waals surface area (Å²) in [5, 5.41) is 10.6. The van der Waals surface area contributed by atoms with Crippen LogP contribution in [0, 0.1) is 10.1 Å². The molecule has 0 saturated heterocycles. The first-order valence-corrected chi connectivity index (χ1v) is 7.29. The van der Waals surface area contributed by atoms with E-state index in [-0.39, 0.29) is 11.6 Å². The second-order valence-electron chi connectivity index (χ2n) is 5.30. The first-order valence-electron chi connectivity index (χ1n) is 7.29. The Morgan fingerprint density at radius 3 is 2.39 bits per heavy atom. The van der Waals surface area contributed by atoms with Crippen LogP contribution in [-0.2, 0) is 9.53 Å². The normalized spacial score (nSPS) is 11.1. The van der Waals surface area contributed by atoms with Crippen LogP contribution >= 0.6 is 0 Å². The number of hydrogen-bond acceptors (Lipinski definition) is 5. The van der Waals surface area contributed by atoms with Gasteiger partial charge in [0, 0.05) is 45.0 Å². The molecule has 1 amide bonds. The van der Waals surface area contributed by atoms with Crippen LogP contribution in [0.5, 0.6) is 0 Å². The number of carbonyl (C=O) groups is 1. The molecule has 126 valence electrons. The Bertz CT molecular complexity index is 541. The molecule has 0 aromatic heterocycles. The summed E-state index contributed by atoms with van der Waals surface area (Å²) in [6.45, 7) is 2.37. The Hall–Kier alpha value is -2.25. The zero-order valence-corrected chi connectivity index (χ0v) is 13.8. The Labute approximate surface area is 136 Å². The van der Waals surface area contributed by atoms with Gasteiger partial charge in [-0.15, -0.1) is 0 Å². The van der Waals surface area contributed by atoms with Crippen LogP contribution < -0.4 is 0 Å². The van der Waals surface area contributed by atoms with E-state index in [1.54, 1.807) is 30.2 Å². The molecule has 0 bridgehead atoms. The molecule has 0 heterocycles. The number of rotatable bonds is 9. The summed E-state index contributed by atoms with van der Waals surface area (Å²) in [6, 6.07) is 6.06. The molecule has 0 saturated carbocycles. The summed E-state index contributed by atoms with van der Waals surface area (Å²) in [7, 11) is 5.50. The van der Waals surface area contributed by atoms with Gasteiger partial charge in [0.15, 0.2) is 0 Å². The van der Waals surface area contributed by atoms with Crippen molar-refractivity contribution in [2.24, 2.45) is 0 Å². The van der Waals surface area contributed by atoms with Gasteiger partial charge in [0.25, 0.3) is 5.69 Å². The molecule has 0 spiro atoms. The van der Waals surface area contributed by atoms with Crippen LogP contribution in [0.15, 0.2) is 30.3 Å². The third kappa shape index (κ3) is 7.03. The average molecular weight is 321 g/mol. The van der Waals surface area contributed by atoms with E-state index in [1.807, 2.05) is 19.0 Å². The van der Waals surface area contributed by atoms with Gasteiger partial charge in [-0.2, -0.15) is 0 Å². The van der Waals surface area contributed by atoms with E-state index in [1.165, 1.54) is 18.2 Å². The Morgan fingerprint density at radius 1 is 1.22 bits per heavy atom. The van der Waals surface area contributed by atoms with Crippen molar-refractivity contribution in [3.05, 3.63) is 46.0 Å². The molecule has 0 aliphatic heterocycles. The number of hydrogen-bond donors (Lipinski definition) is 0. The molecule has 0 radical (unpaired) electrons. The van der Waals surface area contributed by atoms with Crippen LogP contribution in [0.3, 0.4) is 0 Å². The molecule has 0 atom stereocenters. The Balaban J connectivity index is 2.69. The quantitative estimate of drug-likeness (QED) is 0.393. The van der Waals surface area contributed by atoms with Gasteiger partial charge >= 0.3 is 0 Å². The fourth-order valence-electron chi connectivity index (χ4n) is 1.83. The monoisotopic (exact) mass is 321 g/mol. The van der Waals surface area contributed by atoms with E-state index in [0.29, 0.717) is 19.7 Å². The second-order valence-corrected chi connectivity index (χ2v) is 5.30. The van der Waals surface area contributed by atoms with Crippen LogP contribution in [0.4, 0.5) is 5.69 Å². The number of nitro benzene ring substituents is 1. The summed E-state index contributed by atoms with van der Waals surface area (Å²) in [5.74, 6) is -0.109. The highest BCUT2D eigenvalue weighted by atomic mass is 16.6. The highest BCUT2D eigenvalue weighted by Gasteiger charge is 2.10. The molecule has 0 aliphatic rings. The van der Waals surface area contributed by atoms with Crippen molar-refractivity contribution in [1.29, 1.82) is 0 Å². The molecular formula is C16H23N3O4. The zero-order chi connectivity index (χ0) is 17.2. The summed E-state index contributed by atoms with van der Waals surface area (Å²) >= 11 is 0. The minimum absolute atomic E-state index is 0.0289. The van der Waals surface area contributed by atoms with Gasteiger partial charge in [-0.3, -0.25) is 14.9 Å². The fraction of sp³-hybridized carbons (Fsp3) is 0.438. The van der Waals surface area contributed by atoms with E-state index in [9.17, 15) is 14.9 Å². The molecule has 7 heteroatoms. The van der Waals surface area contributed by atoms with E-state index < -0.39 is 4.92 Å². The molecule has 0 unspecified atom stereocenters. The maximum absolute atomic E-state index is 12.3. The molecule has 23 heavy (non-hydrogen) atoms. The van der Waals surface area contributed by atoms with Crippen molar-refractivity contribution < 1.29 is 14.5 Å². The highest BCUT2D eigenvalue weighted by Crippen LogP contribution is 2.13. The minimum Gasteiger partial charge on any atom is -0.383 e. The molecular weight excluding hydrogens is 298 g/mol. The summed E-state index contributed by atoms with van der Waals surface area (Å²) in [4.78, 5) is 26.1. The molecule has 0 fully saturated rings. The standard InChI is InChI=1S/C16H23N3O4/c1-17(2)10-11-18(12-13-23-3)16(20)9-6-14-4-7-15(8-5-14)19(21)22/h4-9H,10-13H2,1-3H3/b9-6+. The lowest BCUT2D eigenvalue weighted by Gasteiger charge is -2.22.